The molecule has 1 saturated carbocycles. The van der Waals surface area contributed by atoms with Crippen molar-refractivity contribution in [1.29, 1.82) is 0 Å². The SMILES string of the molecule is CNC(=O)[C@H](CC1CCCCC1)NC(=O)C[C@@H](CN1CC[C@H](n2cccn2)C1)S(=O)(=O)c1cc(Cl)cc(Cl)c1. The molecule has 3 atom stereocenters. The monoisotopic (exact) mass is 597 g/mol. The summed E-state index contributed by atoms with van der Waals surface area (Å²) in [5.41, 5.74) is 0. The number of carbonyl (C=O) groups is 2. The summed E-state index contributed by atoms with van der Waals surface area (Å²) in [5.74, 6) is -0.376. The number of sulfone groups is 1. The van der Waals surface area contributed by atoms with Crippen molar-refractivity contribution < 1.29 is 18.0 Å². The minimum absolute atomic E-state index is 0.0225. The minimum atomic E-state index is -3.98. The van der Waals surface area contributed by atoms with Crippen LogP contribution in [0.25, 0.3) is 0 Å². The van der Waals surface area contributed by atoms with Crippen LogP contribution in [0.4, 0.5) is 0 Å². The second kappa shape index (κ2) is 13.5. The Labute approximate surface area is 240 Å². The van der Waals surface area contributed by atoms with Crippen molar-refractivity contribution >= 4 is 44.9 Å². The highest BCUT2D eigenvalue weighted by Crippen LogP contribution is 2.30. The summed E-state index contributed by atoms with van der Waals surface area (Å²) in [6.45, 7) is 1.45. The molecular weight excluding hydrogens is 561 g/mol. The van der Waals surface area contributed by atoms with Crippen molar-refractivity contribution in [1.82, 2.24) is 25.3 Å². The molecule has 0 radical (unpaired) electrons. The Morgan fingerprint density at radius 3 is 2.46 bits per heavy atom. The highest BCUT2D eigenvalue weighted by atomic mass is 35.5. The minimum Gasteiger partial charge on any atom is -0.357 e. The Bertz CT molecular complexity index is 1210. The molecule has 2 aromatic rings. The largest absolute Gasteiger partial charge is 0.357 e. The van der Waals surface area contributed by atoms with Crippen LogP contribution < -0.4 is 10.6 Å². The third kappa shape index (κ3) is 7.96. The van der Waals surface area contributed by atoms with E-state index in [0.29, 0.717) is 25.4 Å². The molecular formula is C27H37Cl2N5O4S. The summed E-state index contributed by atoms with van der Waals surface area (Å²) < 4.78 is 29.6. The lowest BCUT2D eigenvalue weighted by Gasteiger charge is -2.27. The van der Waals surface area contributed by atoms with Gasteiger partial charge in [0.1, 0.15) is 6.04 Å². The molecule has 1 aromatic carbocycles. The van der Waals surface area contributed by atoms with Crippen molar-refractivity contribution in [3.05, 3.63) is 46.7 Å². The molecule has 9 nitrogen and oxygen atoms in total. The molecule has 1 aliphatic heterocycles. The van der Waals surface area contributed by atoms with E-state index in [1.165, 1.54) is 24.6 Å². The Balaban J connectivity index is 1.52. The normalized spacial score (nSPS) is 20.4. The number of halogens is 2. The number of rotatable bonds is 11. The van der Waals surface area contributed by atoms with Crippen LogP contribution in [-0.2, 0) is 19.4 Å². The average Bonchev–Trinajstić information content (AvgIpc) is 3.60. The fourth-order valence-electron chi connectivity index (χ4n) is 5.76. The zero-order valence-electron chi connectivity index (χ0n) is 22.2. The van der Waals surface area contributed by atoms with E-state index in [-0.39, 0.29) is 39.9 Å². The number of aromatic nitrogens is 2. The number of nitrogens with zero attached hydrogens (tertiary/aromatic N) is 3. The van der Waals surface area contributed by atoms with E-state index < -0.39 is 27.0 Å². The number of likely N-dealkylation sites (N-methyl/N-ethyl adjacent to an activating group) is 1. The van der Waals surface area contributed by atoms with Crippen LogP contribution in [0.5, 0.6) is 0 Å². The van der Waals surface area contributed by atoms with E-state index in [0.717, 1.165) is 32.1 Å². The molecule has 2 amide bonds. The molecule has 0 unspecified atom stereocenters. The summed E-state index contributed by atoms with van der Waals surface area (Å²) in [6, 6.07) is 5.48. The Morgan fingerprint density at radius 2 is 1.82 bits per heavy atom. The predicted molar refractivity (Wildman–Crippen MR) is 152 cm³/mol. The fourth-order valence-corrected chi connectivity index (χ4v) is 8.16. The third-order valence-electron chi connectivity index (χ3n) is 7.82. The Morgan fingerprint density at radius 1 is 1.10 bits per heavy atom. The lowest BCUT2D eigenvalue weighted by molar-refractivity contribution is -0.129. The van der Waals surface area contributed by atoms with Crippen molar-refractivity contribution in [2.45, 2.75) is 73.6 Å². The van der Waals surface area contributed by atoms with Gasteiger partial charge in [-0.3, -0.25) is 19.2 Å². The predicted octanol–water partition coefficient (Wildman–Crippen LogP) is 3.87. The smallest absolute Gasteiger partial charge is 0.242 e. The molecule has 2 N–H and O–H groups in total. The maximum absolute atomic E-state index is 13.8. The summed E-state index contributed by atoms with van der Waals surface area (Å²) in [6.07, 6.45) is 10.2. The zero-order valence-corrected chi connectivity index (χ0v) is 24.5. The van der Waals surface area contributed by atoms with Gasteiger partial charge in [0, 0.05) is 55.5 Å². The molecule has 2 aliphatic rings. The van der Waals surface area contributed by atoms with Gasteiger partial charge in [0.05, 0.1) is 16.2 Å². The first-order valence-corrected chi connectivity index (χ1v) is 15.9. The van der Waals surface area contributed by atoms with E-state index in [2.05, 4.69) is 15.7 Å². The lowest BCUT2D eigenvalue weighted by atomic mass is 9.84. The summed E-state index contributed by atoms with van der Waals surface area (Å²) in [7, 11) is -2.44. The van der Waals surface area contributed by atoms with Gasteiger partial charge in [-0.1, -0.05) is 55.3 Å². The highest BCUT2D eigenvalue weighted by molar-refractivity contribution is 7.92. The van der Waals surface area contributed by atoms with Gasteiger partial charge in [0.25, 0.3) is 0 Å². The van der Waals surface area contributed by atoms with Crippen LogP contribution >= 0.6 is 23.2 Å². The summed E-state index contributed by atoms with van der Waals surface area (Å²) >= 11 is 12.3. The highest BCUT2D eigenvalue weighted by Gasteiger charge is 2.36. The van der Waals surface area contributed by atoms with E-state index in [1.807, 2.05) is 21.8 Å². The maximum atomic E-state index is 13.8. The third-order valence-corrected chi connectivity index (χ3v) is 10.3. The Hall–Kier alpha value is -2.14. The number of likely N-dealkylation sites (tertiary alicyclic amines) is 1. The van der Waals surface area contributed by atoms with Crippen LogP contribution in [0.15, 0.2) is 41.6 Å². The summed E-state index contributed by atoms with van der Waals surface area (Å²) in [4.78, 5) is 28.0. The first-order chi connectivity index (χ1) is 18.7. The number of hydrogen-bond donors (Lipinski definition) is 2. The van der Waals surface area contributed by atoms with E-state index >= 15 is 0 Å². The maximum Gasteiger partial charge on any atom is 0.242 e. The Kier molecular flexibility index (Phi) is 10.3. The van der Waals surface area contributed by atoms with Gasteiger partial charge in [-0.15, -0.1) is 0 Å². The van der Waals surface area contributed by atoms with Gasteiger partial charge < -0.3 is 10.6 Å². The van der Waals surface area contributed by atoms with Gasteiger partial charge in [-0.05, 0) is 43.0 Å². The van der Waals surface area contributed by atoms with Gasteiger partial charge in [-0.2, -0.15) is 5.10 Å². The first kappa shape index (κ1) is 29.8. The summed E-state index contributed by atoms with van der Waals surface area (Å²) in [5, 5.41) is 9.17. The second-order valence-electron chi connectivity index (χ2n) is 10.6. The standard InChI is InChI=1S/C27H37Cl2N5O4S/c1-30-27(36)25(12-19-6-3-2-4-7-19)32-26(35)16-24(39(37,38)23-14-20(28)13-21(29)15-23)18-33-11-8-22(17-33)34-10-5-9-31-34/h5,9-10,13-15,19,22,24-25H,2-4,6-8,11-12,16-18H2,1H3,(H,30,36)(H,32,35)/t22-,24-,25-/m0/s1. The molecule has 39 heavy (non-hydrogen) atoms. The van der Waals surface area contributed by atoms with Crippen molar-refractivity contribution in [2.24, 2.45) is 5.92 Å². The van der Waals surface area contributed by atoms with E-state index in [1.54, 1.807) is 13.2 Å². The number of hydrogen-bond acceptors (Lipinski definition) is 6. The van der Waals surface area contributed by atoms with Crippen LogP contribution in [0.3, 0.4) is 0 Å². The number of nitrogens with one attached hydrogen (secondary N) is 2. The van der Waals surface area contributed by atoms with Crippen LogP contribution in [-0.4, -0.2) is 72.9 Å². The molecule has 2 fully saturated rings. The van der Waals surface area contributed by atoms with Crippen LogP contribution in [0.1, 0.15) is 57.4 Å². The molecule has 1 saturated heterocycles. The molecule has 1 aliphatic carbocycles. The van der Waals surface area contributed by atoms with Crippen LogP contribution in [0.2, 0.25) is 10.0 Å². The topological polar surface area (TPSA) is 113 Å². The molecule has 0 bridgehead atoms. The zero-order chi connectivity index (χ0) is 28.0. The van der Waals surface area contributed by atoms with E-state index in [4.69, 9.17) is 23.2 Å². The quantitative estimate of drug-likeness (QED) is 0.406. The number of amides is 2. The number of carbonyl (C=O) groups excluding carboxylic acids is 2. The van der Waals surface area contributed by atoms with Gasteiger partial charge >= 0.3 is 0 Å². The van der Waals surface area contributed by atoms with Crippen molar-refractivity contribution in [2.75, 3.05) is 26.7 Å². The van der Waals surface area contributed by atoms with E-state index in [9.17, 15) is 18.0 Å². The lowest BCUT2D eigenvalue weighted by Crippen LogP contribution is -2.48. The molecule has 4 rings (SSSR count). The second-order valence-corrected chi connectivity index (χ2v) is 13.7. The molecule has 2 heterocycles. The van der Waals surface area contributed by atoms with Gasteiger partial charge in [-0.25, -0.2) is 8.42 Å². The molecule has 0 spiro atoms. The first-order valence-electron chi connectivity index (χ1n) is 13.6. The molecule has 12 heteroatoms. The van der Waals surface area contributed by atoms with Crippen LogP contribution in [0, 0.1) is 5.92 Å². The molecule has 1 aromatic heterocycles. The molecule has 214 valence electrons. The van der Waals surface area contributed by atoms with Crippen molar-refractivity contribution in [3.63, 3.8) is 0 Å². The van der Waals surface area contributed by atoms with Gasteiger partial charge in [0.15, 0.2) is 9.84 Å². The van der Waals surface area contributed by atoms with Crippen molar-refractivity contribution in [3.8, 4) is 0 Å². The van der Waals surface area contributed by atoms with Gasteiger partial charge in [0.2, 0.25) is 11.8 Å². The average molecular weight is 599 g/mol. The number of benzene rings is 1. The fraction of sp³-hybridized carbons (Fsp3) is 0.593.